The van der Waals surface area contributed by atoms with Gasteiger partial charge in [0.05, 0.1) is 24.7 Å². The summed E-state index contributed by atoms with van der Waals surface area (Å²) in [7, 11) is 2.37. The summed E-state index contributed by atoms with van der Waals surface area (Å²) >= 11 is 0. The van der Waals surface area contributed by atoms with Crippen molar-refractivity contribution in [1.82, 2.24) is 0 Å². The smallest absolute Gasteiger partial charge is 0.345 e. The predicted molar refractivity (Wildman–Crippen MR) is 113 cm³/mol. The van der Waals surface area contributed by atoms with Crippen LogP contribution in [0.2, 0.25) is 0 Å². The van der Waals surface area contributed by atoms with E-state index in [0.29, 0.717) is 0 Å². The minimum absolute atomic E-state index is 0.00340. The number of nitro benzene ring substituents is 1. The van der Waals surface area contributed by atoms with E-state index in [1.54, 1.807) is 12.1 Å². The molecule has 0 amide bonds. The Bertz CT molecular complexity index is 1140. The minimum atomic E-state index is -0.738. The average Bonchev–Trinajstić information content (AvgIpc) is 2.82. The first-order chi connectivity index (χ1) is 15.4. The number of methoxy groups -OCH3 is 2. The van der Waals surface area contributed by atoms with Crippen LogP contribution < -0.4 is 9.47 Å². The SMILES string of the molecule is COC(=O)c1ccc(Oc2cccc(OCc3ccccc3)c2C(=O)OC)c([N+](=O)[O-])c1. The molecule has 0 saturated heterocycles. The Labute approximate surface area is 183 Å². The molecule has 3 rings (SSSR count). The van der Waals surface area contributed by atoms with E-state index in [2.05, 4.69) is 4.74 Å². The number of nitro groups is 1. The van der Waals surface area contributed by atoms with Gasteiger partial charge in [-0.1, -0.05) is 36.4 Å². The number of carbonyl (C=O) groups is 2. The first kappa shape index (κ1) is 22.3. The molecule has 0 unspecified atom stereocenters. The largest absolute Gasteiger partial charge is 0.488 e. The highest BCUT2D eigenvalue weighted by molar-refractivity contribution is 5.96. The quantitative estimate of drug-likeness (QED) is 0.287. The van der Waals surface area contributed by atoms with E-state index >= 15 is 0 Å². The van der Waals surface area contributed by atoms with Crippen LogP contribution >= 0.6 is 0 Å². The van der Waals surface area contributed by atoms with E-state index in [4.69, 9.17) is 14.2 Å². The molecule has 0 heterocycles. The van der Waals surface area contributed by atoms with Crippen molar-refractivity contribution in [2.75, 3.05) is 14.2 Å². The molecule has 0 bridgehead atoms. The van der Waals surface area contributed by atoms with Gasteiger partial charge in [0.1, 0.15) is 23.7 Å². The lowest BCUT2D eigenvalue weighted by molar-refractivity contribution is -0.385. The van der Waals surface area contributed by atoms with Gasteiger partial charge in [-0.05, 0) is 29.8 Å². The van der Waals surface area contributed by atoms with Crippen molar-refractivity contribution in [3.05, 3.63) is 93.5 Å². The fourth-order valence-corrected chi connectivity index (χ4v) is 2.86. The fraction of sp³-hybridized carbons (Fsp3) is 0.130. The van der Waals surface area contributed by atoms with Gasteiger partial charge in [0.2, 0.25) is 5.75 Å². The summed E-state index contributed by atoms with van der Waals surface area (Å²) < 4.78 is 21.0. The Hall–Kier alpha value is -4.40. The van der Waals surface area contributed by atoms with Crippen molar-refractivity contribution < 1.29 is 33.5 Å². The molecule has 0 N–H and O–H groups in total. The zero-order valence-corrected chi connectivity index (χ0v) is 17.3. The number of hydrogen-bond donors (Lipinski definition) is 0. The topological polar surface area (TPSA) is 114 Å². The molecule has 32 heavy (non-hydrogen) atoms. The molecular formula is C23H19NO8. The molecule has 0 aliphatic rings. The summed E-state index contributed by atoms with van der Waals surface area (Å²) in [6.07, 6.45) is 0. The van der Waals surface area contributed by atoms with Crippen LogP contribution in [0.1, 0.15) is 26.3 Å². The first-order valence-corrected chi connectivity index (χ1v) is 9.37. The highest BCUT2D eigenvalue weighted by atomic mass is 16.6. The van der Waals surface area contributed by atoms with Gasteiger partial charge in [0.25, 0.3) is 0 Å². The maximum atomic E-state index is 12.5. The molecule has 9 nitrogen and oxygen atoms in total. The van der Waals surface area contributed by atoms with Crippen LogP contribution in [0.5, 0.6) is 17.2 Å². The highest BCUT2D eigenvalue weighted by Gasteiger charge is 2.24. The Kier molecular flexibility index (Phi) is 7.02. The van der Waals surface area contributed by atoms with Crippen molar-refractivity contribution in [3.63, 3.8) is 0 Å². The predicted octanol–water partition coefficient (Wildman–Crippen LogP) is 4.54. The molecule has 164 valence electrons. The number of rotatable bonds is 8. The maximum Gasteiger partial charge on any atom is 0.345 e. The van der Waals surface area contributed by atoms with E-state index in [9.17, 15) is 19.7 Å². The molecule has 0 spiro atoms. The average molecular weight is 437 g/mol. The van der Waals surface area contributed by atoms with Gasteiger partial charge in [-0.3, -0.25) is 10.1 Å². The van der Waals surface area contributed by atoms with Gasteiger partial charge in [0.15, 0.2) is 0 Å². The summed E-state index contributed by atoms with van der Waals surface area (Å²) in [5.41, 5.74) is 0.361. The van der Waals surface area contributed by atoms with Crippen LogP contribution in [0.25, 0.3) is 0 Å². The molecule has 3 aromatic carbocycles. The molecule has 3 aromatic rings. The minimum Gasteiger partial charge on any atom is -0.488 e. The Morgan fingerprint density at radius 2 is 1.53 bits per heavy atom. The number of nitrogens with zero attached hydrogens (tertiary/aromatic N) is 1. The second-order valence-corrected chi connectivity index (χ2v) is 6.43. The molecular weight excluding hydrogens is 418 g/mol. The van der Waals surface area contributed by atoms with Crippen LogP contribution in [0, 0.1) is 10.1 Å². The summed E-state index contributed by atoms with van der Waals surface area (Å²) in [5.74, 6) is -1.46. The highest BCUT2D eigenvalue weighted by Crippen LogP contribution is 2.37. The standard InChI is InChI=1S/C23H19NO8/c1-29-22(25)16-11-12-18(17(13-16)24(27)28)32-20-10-6-9-19(21(20)23(26)30-2)31-14-15-7-4-3-5-8-15/h3-13H,14H2,1-2H3. The van der Waals surface area contributed by atoms with Crippen molar-refractivity contribution in [3.8, 4) is 17.2 Å². The van der Waals surface area contributed by atoms with Gasteiger partial charge in [-0.15, -0.1) is 0 Å². The molecule has 0 saturated carbocycles. The summed E-state index contributed by atoms with van der Waals surface area (Å²) in [6.45, 7) is 0.183. The van der Waals surface area contributed by atoms with Crippen molar-refractivity contribution in [1.29, 1.82) is 0 Å². The Morgan fingerprint density at radius 3 is 2.19 bits per heavy atom. The first-order valence-electron chi connectivity index (χ1n) is 9.37. The Morgan fingerprint density at radius 1 is 0.844 bits per heavy atom. The van der Waals surface area contributed by atoms with Gasteiger partial charge in [-0.25, -0.2) is 9.59 Å². The third kappa shape index (κ3) is 5.01. The summed E-state index contributed by atoms with van der Waals surface area (Å²) in [4.78, 5) is 35.0. The van der Waals surface area contributed by atoms with Crippen LogP contribution in [0.4, 0.5) is 5.69 Å². The third-order valence-corrected chi connectivity index (χ3v) is 4.41. The molecule has 0 aliphatic carbocycles. The molecule has 9 heteroatoms. The van der Waals surface area contributed by atoms with Gasteiger partial charge < -0.3 is 18.9 Å². The molecule has 0 atom stereocenters. The van der Waals surface area contributed by atoms with E-state index in [0.717, 1.165) is 11.6 Å². The van der Waals surface area contributed by atoms with E-state index < -0.39 is 22.5 Å². The fourth-order valence-electron chi connectivity index (χ4n) is 2.86. The van der Waals surface area contributed by atoms with Crippen molar-refractivity contribution >= 4 is 17.6 Å². The van der Waals surface area contributed by atoms with Crippen molar-refractivity contribution in [2.24, 2.45) is 0 Å². The van der Waals surface area contributed by atoms with Crippen LogP contribution in [0.15, 0.2) is 66.7 Å². The van der Waals surface area contributed by atoms with Gasteiger partial charge in [0, 0.05) is 6.07 Å². The second-order valence-electron chi connectivity index (χ2n) is 6.43. The van der Waals surface area contributed by atoms with E-state index in [-0.39, 0.29) is 35.0 Å². The number of hydrogen-bond acceptors (Lipinski definition) is 8. The number of benzene rings is 3. The van der Waals surface area contributed by atoms with Crippen LogP contribution in [0.3, 0.4) is 0 Å². The molecule has 0 aliphatic heterocycles. The number of carbonyl (C=O) groups excluding carboxylic acids is 2. The van der Waals surface area contributed by atoms with E-state index in [1.807, 2.05) is 30.3 Å². The summed E-state index contributed by atoms with van der Waals surface area (Å²) in [5, 5.41) is 11.5. The molecule has 0 radical (unpaired) electrons. The summed E-state index contributed by atoms with van der Waals surface area (Å²) in [6, 6.07) is 17.5. The van der Waals surface area contributed by atoms with Crippen LogP contribution in [-0.4, -0.2) is 31.1 Å². The normalized spacial score (nSPS) is 10.2. The monoisotopic (exact) mass is 437 g/mol. The van der Waals surface area contributed by atoms with Crippen molar-refractivity contribution in [2.45, 2.75) is 6.61 Å². The lowest BCUT2D eigenvalue weighted by Gasteiger charge is -2.15. The maximum absolute atomic E-state index is 12.5. The lowest BCUT2D eigenvalue weighted by Crippen LogP contribution is -2.08. The Balaban J connectivity index is 1.98. The second kappa shape index (κ2) is 10.1. The number of ether oxygens (including phenoxy) is 4. The molecule has 0 fully saturated rings. The van der Waals surface area contributed by atoms with Gasteiger partial charge >= 0.3 is 17.6 Å². The van der Waals surface area contributed by atoms with Crippen LogP contribution in [-0.2, 0) is 16.1 Å². The zero-order valence-electron chi connectivity index (χ0n) is 17.3. The van der Waals surface area contributed by atoms with E-state index in [1.165, 1.54) is 32.4 Å². The zero-order chi connectivity index (χ0) is 23.1. The lowest BCUT2D eigenvalue weighted by atomic mass is 10.1. The molecule has 0 aromatic heterocycles. The van der Waals surface area contributed by atoms with Gasteiger partial charge in [-0.2, -0.15) is 0 Å². The number of esters is 2. The third-order valence-electron chi connectivity index (χ3n) is 4.41.